The van der Waals surface area contributed by atoms with Crippen molar-refractivity contribution in [3.63, 3.8) is 0 Å². The first kappa shape index (κ1) is 26.6. The van der Waals surface area contributed by atoms with Gasteiger partial charge in [-0.1, -0.05) is 16.9 Å². The first-order chi connectivity index (χ1) is 18.5. The fraction of sp³-hybridized carbons (Fsp3) is 0.333. The molecule has 0 saturated heterocycles. The molecule has 1 aliphatic heterocycles. The van der Waals surface area contributed by atoms with E-state index in [0.717, 1.165) is 6.07 Å². The zero-order chi connectivity index (χ0) is 27.9. The number of alkyl halides is 2. The fourth-order valence-corrected chi connectivity index (χ4v) is 5.53. The molecule has 0 saturated carbocycles. The lowest BCUT2D eigenvalue weighted by atomic mass is 9.82. The number of rotatable bonds is 7. The van der Waals surface area contributed by atoms with Gasteiger partial charge in [-0.05, 0) is 32.4 Å². The SMILES string of the molecule is Cc1nc(COc2cnc3c(Nc4cc(F)c(F)c([C@]5(C)C[C@](C)(C(F)F)SC(N)=N5)c4)nccc3n2)no1. The highest BCUT2D eigenvalue weighted by Gasteiger charge is 2.48. The number of nitrogens with zero attached hydrogens (tertiary/aromatic N) is 6. The normalized spacial score (nSPS) is 21.3. The highest BCUT2D eigenvalue weighted by molar-refractivity contribution is 8.15. The number of aliphatic imine (C=N–C) groups is 1. The number of hydrogen-bond acceptors (Lipinski definition) is 11. The molecular weight excluding hydrogens is 540 g/mol. The Balaban J connectivity index is 1.45. The van der Waals surface area contributed by atoms with E-state index in [2.05, 4.69) is 35.4 Å². The average Bonchev–Trinajstić information content (AvgIpc) is 3.29. The average molecular weight is 563 g/mol. The second kappa shape index (κ2) is 9.94. The Hall–Kier alpha value is -4.01. The molecule has 0 bridgehead atoms. The predicted octanol–water partition coefficient (Wildman–Crippen LogP) is 5.01. The lowest BCUT2D eigenvalue weighted by molar-refractivity contribution is 0.0892. The van der Waals surface area contributed by atoms with Crippen molar-refractivity contribution in [3.05, 3.63) is 59.5 Å². The van der Waals surface area contributed by atoms with E-state index in [1.54, 1.807) is 13.0 Å². The molecule has 0 amide bonds. The van der Waals surface area contributed by atoms with Crippen LogP contribution in [-0.4, -0.2) is 41.4 Å². The van der Waals surface area contributed by atoms with Gasteiger partial charge in [0.05, 0.1) is 22.0 Å². The molecule has 1 aromatic carbocycles. The summed E-state index contributed by atoms with van der Waals surface area (Å²) in [6, 6.07) is 3.83. The van der Waals surface area contributed by atoms with E-state index in [1.807, 2.05) is 0 Å². The third kappa shape index (κ3) is 5.30. The summed E-state index contributed by atoms with van der Waals surface area (Å²) in [4.78, 5) is 21.3. The van der Waals surface area contributed by atoms with Gasteiger partial charge in [-0.2, -0.15) is 4.98 Å². The first-order valence-electron chi connectivity index (χ1n) is 11.6. The van der Waals surface area contributed by atoms with Crippen LogP contribution in [0.1, 0.15) is 37.5 Å². The van der Waals surface area contributed by atoms with Crippen LogP contribution in [0.4, 0.5) is 29.1 Å². The highest BCUT2D eigenvalue weighted by atomic mass is 32.2. The Morgan fingerprint density at radius 1 is 1.21 bits per heavy atom. The van der Waals surface area contributed by atoms with Gasteiger partial charge < -0.3 is 20.3 Å². The molecule has 4 heterocycles. The van der Waals surface area contributed by atoms with Crippen molar-refractivity contribution in [2.45, 2.75) is 50.5 Å². The summed E-state index contributed by atoms with van der Waals surface area (Å²) in [6.45, 7) is 4.43. The van der Waals surface area contributed by atoms with Gasteiger partial charge in [-0.3, -0.25) is 4.99 Å². The molecular formula is C24H22F4N8O2S. The van der Waals surface area contributed by atoms with Gasteiger partial charge in [0.15, 0.2) is 29.2 Å². The highest BCUT2D eigenvalue weighted by Crippen LogP contribution is 2.49. The third-order valence-corrected chi connectivity index (χ3v) is 7.17. The topological polar surface area (TPSA) is 137 Å². The summed E-state index contributed by atoms with van der Waals surface area (Å²) in [5, 5.41) is 6.53. The molecule has 204 valence electrons. The van der Waals surface area contributed by atoms with Gasteiger partial charge >= 0.3 is 0 Å². The minimum atomic E-state index is -2.77. The Bertz CT molecular complexity index is 1590. The quantitative estimate of drug-likeness (QED) is 0.296. The number of thioether (sulfide) groups is 1. The van der Waals surface area contributed by atoms with Gasteiger partial charge in [-0.15, -0.1) is 0 Å². The molecule has 5 rings (SSSR count). The minimum Gasteiger partial charge on any atom is -0.468 e. The summed E-state index contributed by atoms with van der Waals surface area (Å²) in [6.07, 6.45) is -0.228. The zero-order valence-corrected chi connectivity index (χ0v) is 21.7. The first-order valence-corrected chi connectivity index (χ1v) is 12.4. The summed E-state index contributed by atoms with van der Waals surface area (Å²) >= 11 is 0.715. The number of anilines is 2. The van der Waals surface area contributed by atoms with Crippen LogP contribution in [0.15, 0.2) is 40.1 Å². The molecule has 10 nitrogen and oxygen atoms in total. The van der Waals surface area contributed by atoms with E-state index in [0.29, 0.717) is 34.5 Å². The molecule has 0 fully saturated rings. The second-order valence-corrected chi connectivity index (χ2v) is 10.9. The molecule has 2 atom stereocenters. The number of aromatic nitrogens is 5. The fourth-order valence-electron chi connectivity index (χ4n) is 4.36. The smallest absolute Gasteiger partial charge is 0.253 e. The van der Waals surface area contributed by atoms with Gasteiger partial charge in [0.1, 0.15) is 5.52 Å². The maximum atomic E-state index is 15.1. The van der Waals surface area contributed by atoms with Crippen LogP contribution < -0.4 is 15.8 Å². The van der Waals surface area contributed by atoms with Crippen molar-refractivity contribution in [2.24, 2.45) is 10.7 Å². The summed E-state index contributed by atoms with van der Waals surface area (Å²) in [7, 11) is 0. The molecule has 1 aliphatic rings. The van der Waals surface area contributed by atoms with Crippen molar-refractivity contribution in [3.8, 4) is 5.88 Å². The predicted molar refractivity (Wildman–Crippen MR) is 136 cm³/mol. The van der Waals surface area contributed by atoms with E-state index in [4.69, 9.17) is 15.0 Å². The number of amidine groups is 1. The minimum absolute atomic E-state index is 0.0141. The van der Waals surface area contributed by atoms with Crippen LogP contribution in [0.25, 0.3) is 11.0 Å². The Labute approximate surface area is 223 Å². The summed E-state index contributed by atoms with van der Waals surface area (Å²) in [5.41, 5.74) is 4.90. The van der Waals surface area contributed by atoms with Crippen LogP contribution in [-0.2, 0) is 12.1 Å². The molecule has 0 unspecified atom stereocenters. The van der Waals surface area contributed by atoms with Crippen LogP contribution in [0.2, 0.25) is 0 Å². The molecule has 39 heavy (non-hydrogen) atoms. The second-order valence-electron chi connectivity index (χ2n) is 9.31. The summed E-state index contributed by atoms with van der Waals surface area (Å²) < 4.78 is 66.3. The number of hydrogen-bond donors (Lipinski definition) is 2. The number of aryl methyl sites for hydroxylation is 1. The van der Waals surface area contributed by atoms with Crippen molar-refractivity contribution in [1.29, 1.82) is 0 Å². The van der Waals surface area contributed by atoms with Gasteiger partial charge in [0.2, 0.25) is 17.6 Å². The number of ether oxygens (including phenoxy) is 1. The molecule has 3 aromatic heterocycles. The number of fused-ring (bicyclic) bond motifs is 1. The number of benzene rings is 1. The Morgan fingerprint density at radius 2 is 2.00 bits per heavy atom. The van der Waals surface area contributed by atoms with Crippen molar-refractivity contribution in [2.75, 3.05) is 5.32 Å². The molecule has 0 radical (unpaired) electrons. The van der Waals surface area contributed by atoms with Crippen LogP contribution in [0.5, 0.6) is 5.88 Å². The lowest BCUT2D eigenvalue weighted by Crippen LogP contribution is -2.44. The number of nitrogens with two attached hydrogens (primary N) is 1. The monoisotopic (exact) mass is 562 g/mol. The van der Waals surface area contributed by atoms with E-state index in [1.165, 1.54) is 32.3 Å². The summed E-state index contributed by atoms with van der Waals surface area (Å²) in [5.74, 6) is -1.27. The van der Waals surface area contributed by atoms with Crippen LogP contribution >= 0.6 is 11.8 Å². The van der Waals surface area contributed by atoms with E-state index < -0.39 is 28.3 Å². The van der Waals surface area contributed by atoms with Crippen molar-refractivity contribution >= 4 is 39.5 Å². The maximum Gasteiger partial charge on any atom is 0.253 e. The van der Waals surface area contributed by atoms with Crippen LogP contribution in [0.3, 0.4) is 0 Å². The van der Waals surface area contributed by atoms with Crippen molar-refractivity contribution in [1.82, 2.24) is 25.1 Å². The lowest BCUT2D eigenvalue weighted by Gasteiger charge is -2.40. The molecule has 0 aliphatic carbocycles. The number of halogens is 4. The number of nitrogens with one attached hydrogen (secondary N) is 1. The van der Waals surface area contributed by atoms with Gasteiger partial charge in [-0.25, -0.2) is 32.5 Å². The maximum absolute atomic E-state index is 15.1. The Kier molecular flexibility index (Phi) is 6.78. The zero-order valence-electron chi connectivity index (χ0n) is 20.9. The molecule has 3 N–H and O–H groups in total. The number of pyridine rings is 1. The van der Waals surface area contributed by atoms with Gasteiger partial charge in [0.25, 0.3) is 6.43 Å². The van der Waals surface area contributed by atoms with E-state index >= 15 is 4.39 Å². The molecule has 15 heteroatoms. The molecule has 4 aromatic rings. The molecule has 0 spiro atoms. The van der Waals surface area contributed by atoms with E-state index in [-0.39, 0.29) is 41.1 Å². The van der Waals surface area contributed by atoms with Crippen molar-refractivity contribution < 1.29 is 26.8 Å². The standard InChI is InChI=1S/C24H22F4N8O2S/c1-11-32-16(36-38-11)9-37-17-8-31-19-15(34-17)4-5-30-20(19)33-12-6-13(18(26)14(25)7-12)23(2)10-24(3,21(27)28)39-22(29)35-23/h4-8,21H,9-10H2,1-3H3,(H2,29,35)(H,30,33)/t23-,24+/m0/s1. The third-order valence-electron chi connectivity index (χ3n) is 6.08. The van der Waals surface area contributed by atoms with Gasteiger partial charge in [0, 0.05) is 30.4 Å². The Morgan fingerprint density at radius 3 is 2.72 bits per heavy atom. The largest absolute Gasteiger partial charge is 0.468 e. The van der Waals surface area contributed by atoms with E-state index in [9.17, 15) is 13.2 Å². The van der Waals surface area contributed by atoms with Crippen LogP contribution in [0, 0.1) is 18.6 Å².